The van der Waals surface area contributed by atoms with E-state index in [1.54, 1.807) is 13.3 Å². The molecule has 0 atom stereocenters. The van der Waals surface area contributed by atoms with Gasteiger partial charge in [0.2, 0.25) is 0 Å². The molecule has 8 heavy (non-hydrogen) atoms. The smallest absolute Gasteiger partial charge is 0.0817 e. The summed E-state index contributed by atoms with van der Waals surface area (Å²) in [4.78, 5) is 3.76. The minimum absolute atomic E-state index is 0.313. The molecule has 0 aromatic carbocycles. The molecular weight excluding hydrogens is 102 g/mol. The number of hydrogen-bond acceptors (Lipinski definition) is 2. The maximum Gasteiger partial charge on any atom is 0.0817 e. The van der Waals surface area contributed by atoms with E-state index in [0.29, 0.717) is 12.7 Å². The van der Waals surface area contributed by atoms with Crippen LogP contribution in [0.15, 0.2) is 4.99 Å². The Hall–Kier alpha value is -0.370. The molecule has 0 saturated carbocycles. The molecule has 0 spiro atoms. The predicted molar refractivity (Wildman–Crippen MR) is 35.5 cm³/mol. The predicted octanol–water partition coefficient (Wildman–Crippen LogP) is 1.11. The third-order valence-corrected chi connectivity index (χ3v) is 0.687. The number of nitrogens with zero attached hydrogens (tertiary/aromatic N) is 1. The molecule has 0 saturated heterocycles. The molecule has 0 aromatic rings. The van der Waals surface area contributed by atoms with Crippen LogP contribution in [-0.4, -0.2) is 26.0 Å². The van der Waals surface area contributed by atoms with Gasteiger partial charge in [0.25, 0.3) is 0 Å². The van der Waals surface area contributed by atoms with Crippen molar-refractivity contribution >= 4 is 6.21 Å². The topological polar surface area (TPSA) is 21.6 Å². The van der Waals surface area contributed by atoms with Crippen LogP contribution in [0.4, 0.5) is 0 Å². The summed E-state index contributed by atoms with van der Waals surface area (Å²) in [6.07, 6.45) is 2.06. The van der Waals surface area contributed by atoms with E-state index in [0.717, 1.165) is 0 Å². The van der Waals surface area contributed by atoms with E-state index in [9.17, 15) is 0 Å². The number of ether oxygens (including phenoxy) is 1. The largest absolute Gasteiger partial charge is 0.373 e. The van der Waals surface area contributed by atoms with Crippen molar-refractivity contribution in [2.45, 2.75) is 20.0 Å². The summed E-state index contributed by atoms with van der Waals surface area (Å²) < 4.78 is 5.13. The van der Waals surface area contributed by atoms with Crippen LogP contribution < -0.4 is 0 Å². The molecule has 0 amide bonds. The number of hydrogen-bond donors (Lipinski definition) is 0. The van der Waals surface area contributed by atoms with Gasteiger partial charge < -0.3 is 4.74 Å². The molecule has 0 N–H and O–H groups in total. The van der Waals surface area contributed by atoms with Gasteiger partial charge in [0.15, 0.2) is 0 Å². The summed E-state index contributed by atoms with van der Waals surface area (Å²) in [6, 6.07) is 0. The first-order valence-electron chi connectivity index (χ1n) is 2.79. The first kappa shape index (κ1) is 7.63. The molecule has 0 unspecified atom stereocenters. The lowest BCUT2D eigenvalue weighted by atomic mass is 10.5. The van der Waals surface area contributed by atoms with Crippen LogP contribution in [0.5, 0.6) is 0 Å². The Morgan fingerprint density at radius 1 is 1.62 bits per heavy atom. The van der Waals surface area contributed by atoms with Crippen LogP contribution in [0.1, 0.15) is 13.8 Å². The van der Waals surface area contributed by atoms with Gasteiger partial charge in [0, 0.05) is 13.3 Å². The van der Waals surface area contributed by atoms with Crippen LogP contribution >= 0.6 is 0 Å². The van der Waals surface area contributed by atoms with E-state index < -0.39 is 0 Å². The third kappa shape index (κ3) is 5.63. The van der Waals surface area contributed by atoms with Gasteiger partial charge in [-0.3, -0.25) is 4.99 Å². The van der Waals surface area contributed by atoms with Crippen LogP contribution in [-0.2, 0) is 4.74 Å². The zero-order valence-electron chi connectivity index (χ0n) is 5.72. The molecule has 0 aliphatic rings. The second-order valence-electron chi connectivity index (χ2n) is 1.82. The summed E-state index contributed by atoms with van der Waals surface area (Å²) in [5.74, 6) is 0. The van der Waals surface area contributed by atoms with Crippen molar-refractivity contribution in [3.8, 4) is 0 Å². The second-order valence-corrected chi connectivity index (χ2v) is 1.82. The van der Waals surface area contributed by atoms with E-state index >= 15 is 0 Å². The van der Waals surface area contributed by atoms with Crippen molar-refractivity contribution in [1.82, 2.24) is 0 Å². The van der Waals surface area contributed by atoms with E-state index in [1.165, 1.54) is 0 Å². The summed E-state index contributed by atoms with van der Waals surface area (Å²) in [5.41, 5.74) is 0. The molecule has 0 bridgehead atoms. The van der Waals surface area contributed by atoms with Crippen LogP contribution in [0.2, 0.25) is 0 Å². The van der Waals surface area contributed by atoms with Gasteiger partial charge in [0.1, 0.15) is 0 Å². The standard InChI is InChI=1S/C6H13NO/c1-6(2)8-5-4-7-3/h4,6H,5H2,1-3H3/b7-4+. The first-order chi connectivity index (χ1) is 3.77. The fourth-order valence-corrected chi connectivity index (χ4v) is 0.310. The zero-order chi connectivity index (χ0) is 6.41. The fraction of sp³-hybridized carbons (Fsp3) is 0.833. The van der Waals surface area contributed by atoms with Crippen LogP contribution in [0, 0.1) is 0 Å². The molecule has 0 aliphatic heterocycles. The maximum atomic E-state index is 5.13. The van der Waals surface area contributed by atoms with Crippen molar-refractivity contribution in [2.24, 2.45) is 4.99 Å². The van der Waals surface area contributed by atoms with E-state index in [2.05, 4.69) is 4.99 Å². The Morgan fingerprint density at radius 2 is 2.25 bits per heavy atom. The first-order valence-corrected chi connectivity index (χ1v) is 2.79. The maximum absolute atomic E-state index is 5.13. The SMILES string of the molecule is C/N=C/COC(C)C. The van der Waals surface area contributed by atoms with E-state index in [-0.39, 0.29) is 0 Å². The molecular formula is C6H13NO. The van der Waals surface area contributed by atoms with Gasteiger partial charge in [-0.15, -0.1) is 0 Å². The quantitative estimate of drug-likeness (QED) is 0.505. The monoisotopic (exact) mass is 115 g/mol. The highest BCUT2D eigenvalue weighted by atomic mass is 16.5. The van der Waals surface area contributed by atoms with Crippen molar-refractivity contribution in [2.75, 3.05) is 13.7 Å². The molecule has 0 aliphatic carbocycles. The van der Waals surface area contributed by atoms with E-state index in [1.807, 2.05) is 13.8 Å². The fourth-order valence-electron chi connectivity index (χ4n) is 0.310. The number of aliphatic imine (C=N–C) groups is 1. The van der Waals surface area contributed by atoms with Crippen molar-refractivity contribution in [1.29, 1.82) is 0 Å². The summed E-state index contributed by atoms with van der Waals surface area (Å²) in [7, 11) is 1.74. The number of rotatable bonds is 3. The zero-order valence-corrected chi connectivity index (χ0v) is 5.72. The Bertz CT molecular complexity index is 68.9. The minimum Gasteiger partial charge on any atom is -0.373 e. The molecule has 0 fully saturated rings. The lowest BCUT2D eigenvalue weighted by Crippen LogP contribution is -2.03. The van der Waals surface area contributed by atoms with Crippen LogP contribution in [0.3, 0.4) is 0 Å². The highest BCUT2D eigenvalue weighted by Gasteiger charge is 1.86. The van der Waals surface area contributed by atoms with Gasteiger partial charge in [0.05, 0.1) is 12.7 Å². The third-order valence-electron chi connectivity index (χ3n) is 0.687. The van der Waals surface area contributed by atoms with Crippen molar-refractivity contribution in [3.63, 3.8) is 0 Å². The van der Waals surface area contributed by atoms with E-state index in [4.69, 9.17) is 4.74 Å². The van der Waals surface area contributed by atoms with Gasteiger partial charge in [-0.1, -0.05) is 0 Å². The minimum atomic E-state index is 0.313. The van der Waals surface area contributed by atoms with Gasteiger partial charge in [-0.25, -0.2) is 0 Å². The van der Waals surface area contributed by atoms with Crippen molar-refractivity contribution < 1.29 is 4.74 Å². The summed E-state index contributed by atoms with van der Waals surface area (Å²) in [6.45, 7) is 4.64. The molecule has 0 heterocycles. The Labute approximate surface area is 50.6 Å². The summed E-state index contributed by atoms with van der Waals surface area (Å²) in [5, 5.41) is 0. The Morgan fingerprint density at radius 3 is 2.62 bits per heavy atom. The van der Waals surface area contributed by atoms with Gasteiger partial charge in [-0.2, -0.15) is 0 Å². The molecule has 0 radical (unpaired) electrons. The lowest BCUT2D eigenvalue weighted by Gasteiger charge is -2.01. The Balaban J connectivity index is 2.93. The Kier molecular flexibility index (Phi) is 4.56. The molecule has 0 aromatic heterocycles. The highest BCUT2D eigenvalue weighted by Crippen LogP contribution is 1.83. The second kappa shape index (κ2) is 4.78. The lowest BCUT2D eigenvalue weighted by molar-refractivity contribution is 0.113. The average Bonchev–Trinajstić information content (AvgIpc) is 1.66. The normalized spacial score (nSPS) is 11.5. The molecule has 2 heteroatoms. The molecule has 2 nitrogen and oxygen atoms in total. The van der Waals surface area contributed by atoms with Crippen molar-refractivity contribution in [3.05, 3.63) is 0 Å². The van der Waals surface area contributed by atoms with Crippen LogP contribution in [0.25, 0.3) is 0 Å². The molecule has 48 valence electrons. The average molecular weight is 115 g/mol. The van der Waals surface area contributed by atoms with Gasteiger partial charge in [-0.05, 0) is 13.8 Å². The summed E-state index contributed by atoms with van der Waals surface area (Å²) >= 11 is 0. The van der Waals surface area contributed by atoms with Gasteiger partial charge >= 0.3 is 0 Å². The molecule has 0 rings (SSSR count). The highest BCUT2D eigenvalue weighted by molar-refractivity contribution is 5.58.